The SMILES string of the molecule is Cn1ncc(CN2CCN(C3CCc4ccccc4C3)CC2)c1C1CC1. The van der Waals surface area contributed by atoms with Gasteiger partial charge in [-0.1, -0.05) is 24.3 Å². The van der Waals surface area contributed by atoms with Crippen molar-refractivity contribution < 1.29 is 0 Å². The Morgan fingerprint density at radius 3 is 2.54 bits per heavy atom. The number of rotatable bonds is 4. The van der Waals surface area contributed by atoms with Crippen LogP contribution in [-0.4, -0.2) is 51.8 Å². The molecule has 1 saturated carbocycles. The van der Waals surface area contributed by atoms with E-state index in [-0.39, 0.29) is 0 Å². The first-order valence-electron chi connectivity index (χ1n) is 10.3. The zero-order chi connectivity index (χ0) is 17.5. The number of aromatic nitrogens is 2. The quantitative estimate of drug-likeness (QED) is 0.847. The predicted molar refractivity (Wildman–Crippen MR) is 104 cm³/mol. The predicted octanol–water partition coefficient (Wildman–Crippen LogP) is 2.97. The lowest BCUT2D eigenvalue weighted by Crippen LogP contribution is -2.51. The van der Waals surface area contributed by atoms with Gasteiger partial charge in [0.05, 0.1) is 6.20 Å². The lowest BCUT2D eigenvalue weighted by atomic mass is 9.87. The summed E-state index contributed by atoms with van der Waals surface area (Å²) in [6.07, 6.45) is 8.63. The molecule has 0 bridgehead atoms. The van der Waals surface area contributed by atoms with Gasteiger partial charge in [-0.15, -0.1) is 0 Å². The molecule has 1 unspecified atom stereocenters. The summed E-state index contributed by atoms with van der Waals surface area (Å²) in [4.78, 5) is 5.38. The molecule has 4 heteroatoms. The molecule has 0 radical (unpaired) electrons. The highest BCUT2D eigenvalue weighted by atomic mass is 15.3. The molecule has 2 fully saturated rings. The van der Waals surface area contributed by atoms with Crippen LogP contribution in [0.1, 0.15) is 47.6 Å². The molecular weight excluding hydrogens is 320 g/mol. The molecule has 26 heavy (non-hydrogen) atoms. The lowest BCUT2D eigenvalue weighted by molar-refractivity contribution is 0.0855. The van der Waals surface area contributed by atoms with E-state index in [0.717, 1.165) is 18.5 Å². The molecule has 2 aliphatic carbocycles. The molecule has 1 saturated heterocycles. The van der Waals surface area contributed by atoms with Crippen LogP contribution in [0.5, 0.6) is 0 Å². The largest absolute Gasteiger partial charge is 0.298 e. The first-order valence-corrected chi connectivity index (χ1v) is 10.3. The van der Waals surface area contributed by atoms with Gasteiger partial charge < -0.3 is 0 Å². The Labute approximate surface area is 156 Å². The van der Waals surface area contributed by atoms with Gasteiger partial charge in [0.2, 0.25) is 0 Å². The molecule has 1 aliphatic heterocycles. The second kappa shape index (κ2) is 6.82. The van der Waals surface area contributed by atoms with Gasteiger partial charge in [-0.25, -0.2) is 0 Å². The summed E-state index contributed by atoms with van der Waals surface area (Å²) < 4.78 is 2.11. The molecule has 3 aliphatic rings. The van der Waals surface area contributed by atoms with E-state index < -0.39 is 0 Å². The highest BCUT2D eigenvalue weighted by Crippen LogP contribution is 2.41. The van der Waals surface area contributed by atoms with Crippen molar-refractivity contribution in [2.45, 2.75) is 50.6 Å². The fourth-order valence-electron chi connectivity index (χ4n) is 5.02. The highest BCUT2D eigenvalue weighted by molar-refractivity contribution is 5.30. The van der Waals surface area contributed by atoms with Crippen LogP contribution in [0.2, 0.25) is 0 Å². The topological polar surface area (TPSA) is 24.3 Å². The standard InChI is InChI=1S/C22H30N4/c1-24-22(18-6-7-18)20(15-23-24)16-25-10-12-26(13-11-25)21-9-8-17-4-2-3-5-19(17)14-21/h2-5,15,18,21H,6-14,16H2,1H3. The van der Waals surface area contributed by atoms with Crippen LogP contribution >= 0.6 is 0 Å². The summed E-state index contributed by atoms with van der Waals surface area (Å²) in [5, 5.41) is 4.53. The van der Waals surface area contributed by atoms with Gasteiger partial charge in [-0.2, -0.15) is 5.10 Å². The Morgan fingerprint density at radius 1 is 1.00 bits per heavy atom. The van der Waals surface area contributed by atoms with Gasteiger partial charge in [0.15, 0.2) is 0 Å². The van der Waals surface area contributed by atoms with Gasteiger partial charge in [0.25, 0.3) is 0 Å². The average molecular weight is 351 g/mol. The van der Waals surface area contributed by atoms with Crippen molar-refractivity contribution in [2.75, 3.05) is 26.2 Å². The van der Waals surface area contributed by atoms with E-state index in [1.807, 2.05) is 0 Å². The van der Waals surface area contributed by atoms with Crippen molar-refractivity contribution in [1.29, 1.82) is 0 Å². The molecule has 5 rings (SSSR count). The second-order valence-electron chi connectivity index (χ2n) is 8.43. The molecule has 0 spiro atoms. The third-order valence-electron chi connectivity index (χ3n) is 6.67. The van der Waals surface area contributed by atoms with Crippen LogP contribution in [0.4, 0.5) is 0 Å². The molecule has 1 atom stereocenters. The van der Waals surface area contributed by atoms with Crippen molar-refractivity contribution in [1.82, 2.24) is 19.6 Å². The van der Waals surface area contributed by atoms with Crippen LogP contribution in [0.15, 0.2) is 30.5 Å². The van der Waals surface area contributed by atoms with Gasteiger partial charge in [0.1, 0.15) is 0 Å². The maximum Gasteiger partial charge on any atom is 0.0537 e. The Bertz CT molecular complexity index is 768. The zero-order valence-electron chi connectivity index (χ0n) is 15.9. The van der Waals surface area contributed by atoms with Crippen molar-refractivity contribution in [3.63, 3.8) is 0 Å². The number of aryl methyl sites for hydroxylation is 2. The fraction of sp³-hybridized carbons (Fsp3) is 0.591. The van der Waals surface area contributed by atoms with Crippen LogP contribution < -0.4 is 0 Å². The molecule has 0 amide bonds. The average Bonchev–Trinajstić information content (AvgIpc) is 3.45. The van der Waals surface area contributed by atoms with E-state index in [1.54, 1.807) is 11.1 Å². The van der Waals surface area contributed by atoms with Crippen molar-refractivity contribution in [3.8, 4) is 0 Å². The minimum atomic E-state index is 0.743. The number of benzene rings is 1. The Balaban J connectivity index is 1.18. The van der Waals surface area contributed by atoms with E-state index >= 15 is 0 Å². The van der Waals surface area contributed by atoms with Crippen molar-refractivity contribution in [2.24, 2.45) is 7.05 Å². The van der Waals surface area contributed by atoms with Crippen molar-refractivity contribution in [3.05, 3.63) is 52.8 Å². The third kappa shape index (κ3) is 3.21. The number of piperazine rings is 1. The summed E-state index contributed by atoms with van der Waals surface area (Å²) in [7, 11) is 2.11. The van der Waals surface area contributed by atoms with Crippen molar-refractivity contribution >= 4 is 0 Å². The smallest absolute Gasteiger partial charge is 0.0537 e. The number of fused-ring (bicyclic) bond motifs is 1. The van der Waals surface area contributed by atoms with Crippen LogP contribution in [-0.2, 0) is 26.4 Å². The minimum Gasteiger partial charge on any atom is -0.298 e. The van der Waals surface area contributed by atoms with E-state index in [9.17, 15) is 0 Å². The normalized spacial score (nSPS) is 24.6. The first kappa shape index (κ1) is 16.5. The Hall–Kier alpha value is -1.65. The first-order chi connectivity index (χ1) is 12.8. The molecule has 1 aromatic carbocycles. The maximum absolute atomic E-state index is 4.53. The van der Waals surface area contributed by atoms with Gasteiger partial charge in [-0.3, -0.25) is 14.5 Å². The molecule has 138 valence electrons. The summed E-state index contributed by atoms with van der Waals surface area (Å²) in [5.74, 6) is 0.779. The maximum atomic E-state index is 4.53. The second-order valence-corrected chi connectivity index (χ2v) is 8.43. The van der Waals surface area contributed by atoms with Gasteiger partial charge in [-0.05, 0) is 43.2 Å². The number of nitrogens with zero attached hydrogens (tertiary/aromatic N) is 4. The van der Waals surface area contributed by atoms with E-state index in [2.05, 4.69) is 57.1 Å². The minimum absolute atomic E-state index is 0.743. The molecule has 4 nitrogen and oxygen atoms in total. The molecule has 1 aromatic heterocycles. The zero-order valence-corrected chi connectivity index (χ0v) is 15.9. The van der Waals surface area contributed by atoms with Crippen LogP contribution in [0.3, 0.4) is 0 Å². The lowest BCUT2D eigenvalue weighted by Gasteiger charge is -2.41. The van der Waals surface area contributed by atoms with Gasteiger partial charge in [0, 0.05) is 63.0 Å². The summed E-state index contributed by atoms with van der Waals surface area (Å²) in [6.45, 7) is 5.90. The van der Waals surface area contributed by atoms with E-state index in [4.69, 9.17) is 0 Å². The summed E-state index contributed by atoms with van der Waals surface area (Å²) in [6, 6.07) is 9.78. The van der Waals surface area contributed by atoms with E-state index in [0.29, 0.717) is 0 Å². The summed E-state index contributed by atoms with van der Waals surface area (Å²) in [5.41, 5.74) is 6.12. The van der Waals surface area contributed by atoms with Crippen LogP contribution in [0.25, 0.3) is 0 Å². The summed E-state index contributed by atoms with van der Waals surface area (Å²) >= 11 is 0. The van der Waals surface area contributed by atoms with Gasteiger partial charge >= 0.3 is 0 Å². The molecule has 2 aromatic rings. The van der Waals surface area contributed by atoms with Crippen LogP contribution in [0, 0.1) is 0 Å². The number of hydrogen-bond donors (Lipinski definition) is 0. The fourth-order valence-corrected chi connectivity index (χ4v) is 5.02. The third-order valence-corrected chi connectivity index (χ3v) is 6.67. The Kier molecular flexibility index (Phi) is 4.33. The molecular formula is C22H30N4. The Morgan fingerprint density at radius 2 is 1.77 bits per heavy atom. The van der Waals surface area contributed by atoms with E-state index in [1.165, 1.54) is 69.5 Å². The highest BCUT2D eigenvalue weighted by Gasteiger charge is 2.31. The molecule has 2 heterocycles. The molecule has 0 N–H and O–H groups in total. The number of hydrogen-bond acceptors (Lipinski definition) is 3. The monoisotopic (exact) mass is 350 g/mol.